The summed E-state index contributed by atoms with van der Waals surface area (Å²) in [5.41, 5.74) is 5.65. The van der Waals surface area contributed by atoms with Crippen LogP contribution in [-0.2, 0) is 11.3 Å². The zero-order valence-corrected chi connectivity index (χ0v) is 14.4. The number of para-hydroxylation sites is 1. The molecule has 0 saturated carbocycles. The number of ether oxygens (including phenoxy) is 1. The van der Waals surface area contributed by atoms with E-state index in [1.807, 2.05) is 53.5 Å². The minimum Gasteiger partial charge on any atom is -0.379 e. The maximum absolute atomic E-state index is 12.3. The number of hydrogen-bond acceptors (Lipinski definition) is 5. The van der Waals surface area contributed by atoms with Gasteiger partial charge >= 0.3 is 0 Å². The van der Waals surface area contributed by atoms with Gasteiger partial charge in [0.2, 0.25) is 0 Å². The molecule has 2 aromatic carbocycles. The predicted molar refractivity (Wildman–Crippen MR) is 99.7 cm³/mol. The van der Waals surface area contributed by atoms with Gasteiger partial charge in [0, 0.05) is 30.6 Å². The number of hydrogen-bond donors (Lipinski definition) is 3. The van der Waals surface area contributed by atoms with E-state index in [-0.39, 0.29) is 5.91 Å². The Hall–Kier alpha value is -2.90. The molecule has 0 unspecified atom stereocenters. The number of fused-ring (bicyclic) bond motifs is 1. The van der Waals surface area contributed by atoms with E-state index in [0.717, 1.165) is 22.3 Å². The van der Waals surface area contributed by atoms with Crippen LogP contribution in [0.5, 0.6) is 0 Å². The van der Waals surface area contributed by atoms with Gasteiger partial charge in [0.15, 0.2) is 5.82 Å². The van der Waals surface area contributed by atoms with Gasteiger partial charge in [-0.25, -0.2) is 5.01 Å². The van der Waals surface area contributed by atoms with Crippen molar-refractivity contribution in [2.45, 2.75) is 6.54 Å². The SMILES string of the molecule is O=C(NN1CCOCC1)c1ccc(CNc2n[nH]c3ccccc23)cc1. The van der Waals surface area contributed by atoms with Gasteiger partial charge in [0.1, 0.15) is 0 Å². The molecule has 0 aliphatic carbocycles. The number of carbonyl (C=O) groups is 1. The Balaban J connectivity index is 1.36. The summed E-state index contributed by atoms with van der Waals surface area (Å²) in [6.45, 7) is 3.36. The molecule has 1 aromatic heterocycles. The summed E-state index contributed by atoms with van der Waals surface area (Å²) in [6, 6.07) is 15.6. The van der Waals surface area contributed by atoms with Crippen molar-refractivity contribution in [1.29, 1.82) is 0 Å². The van der Waals surface area contributed by atoms with Crippen molar-refractivity contribution in [3.8, 4) is 0 Å². The number of anilines is 1. The average Bonchev–Trinajstić information content (AvgIpc) is 3.11. The number of nitrogens with one attached hydrogen (secondary N) is 3. The lowest BCUT2D eigenvalue weighted by atomic mass is 10.1. The molecule has 0 atom stereocenters. The van der Waals surface area contributed by atoms with Gasteiger partial charge in [-0.15, -0.1) is 0 Å². The van der Waals surface area contributed by atoms with Crippen LogP contribution >= 0.6 is 0 Å². The Morgan fingerprint density at radius 1 is 1.12 bits per heavy atom. The van der Waals surface area contributed by atoms with Crippen LogP contribution in [0.25, 0.3) is 10.9 Å². The Kier molecular flexibility index (Phi) is 4.81. The molecule has 2 heterocycles. The molecule has 134 valence electrons. The highest BCUT2D eigenvalue weighted by atomic mass is 16.5. The average molecular weight is 351 g/mol. The van der Waals surface area contributed by atoms with Crippen LogP contribution in [0, 0.1) is 0 Å². The first-order valence-electron chi connectivity index (χ1n) is 8.69. The number of benzene rings is 2. The summed E-state index contributed by atoms with van der Waals surface area (Å²) >= 11 is 0. The number of amides is 1. The number of H-pyrrole nitrogens is 1. The van der Waals surface area contributed by atoms with Crippen LogP contribution in [0.1, 0.15) is 15.9 Å². The smallest absolute Gasteiger partial charge is 0.265 e. The minimum absolute atomic E-state index is 0.0929. The van der Waals surface area contributed by atoms with E-state index in [1.165, 1.54) is 0 Å². The molecule has 1 fully saturated rings. The lowest BCUT2D eigenvalue weighted by Crippen LogP contribution is -2.48. The highest BCUT2D eigenvalue weighted by Crippen LogP contribution is 2.20. The molecule has 0 bridgehead atoms. The summed E-state index contributed by atoms with van der Waals surface area (Å²) in [7, 11) is 0. The minimum atomic E-state index is -0.0929. The van der Waals surface area contributed by atoms with Crippen molar-refractivity contribution in [2.75, 3.05) is 31.6 Å². The molecular formula is C19H21N5O2. The third-order valence-electron chi connectivity index (χ3n) is 4.42. The van der Waals surface area contributed by atoms with E-state index in [2.05, 4.69) is 20.9 Å². The number of hydrazine groups is 1. The molecule has 3 N–H and O–H groups in total. The van der Waals surface area contributed by atoms with Gasteiger partial charge < -0.3 is 10.1 Å². The maximum Gasteiger partial charge on any atom is 0.265 e. The molecule has 3 aromatic rings. The number of aromatic nitrogens is 2. The predicted octanol–water partition coefficient (Wildman–Crippen LogP) is 2.15. The fourth-order valence-corrected chi connectivity index (χ4v) is 2.94. The molecule has 1 amide bonds. The number of nitrogens with zero attached hydrogens (tertiary/aromatic N) is 2. The Morgan fingerprint density at radius 2 is 1.88 bits per heavy atom. The van der Waals surface area contributed by atoms with Crippen molar-refractivity contribution >= 4 is 22.6 Å². The Bertz CT molecular complexity index is 884. The molecule has 1 aliphatic rings. The van der Waals surface area contributed by atoms with Gasteiger partial charge in [-0.1, -0.05) is 24.3 Å². The van der Waals surface area contributed by atoms with Crippen LogP contribution in [0.3, 0.4) is 0 Å². The summed E-state index contributed by atoms with van der Waals surface area (Å²) in [6.07, 6.45) is 0. The number of carbonyl (C=O) groups excluding carboxylic acids is 1. The number of rotatable bonds is 5. The van der Waals surface area contributed by atoms with Crippen LogP contribution in [-0.4, -0.2) is 47.4 Å². The van der Waals surface area contributed by atoms with Crippen LogP contribution < -0.4 is 10.7 Å². The van der Waals surface area contributed by atoms with E-state index in [9.17, 15) is 4.79 Å². The van der Waals surface area contributed by atoms with Gasteiger partial charge in [0.25, 0.3) is 5.91 Å². The van der Waals surface area contributed by atoms with Gasteiger partial charge in [0.05, 0.1) is 18.7 Å². The third-order valence-corrected chi connectivity index (χ3v) is 4.42. The summed E-state index contributed by atoms with van der Waals surface area (Å²) in [5, 5.41) is 13.6. The topological polar surface area (TPSA) is 82.3 Å². The van der Waals surface area contributed by atoms with Crippen LogP contribution in [0.2, 0.25) is 0 Å². The van der Waals surface area contributed by atoms with Crippen molar-refractivity contribution < 1.29 is 9.53 Å². The molecule has 4 rings (SSSR count). The van der Waals surface area contributed by atoms with Gasteiger partial charge in [-0.3, -0.25) is 15.3 Å². The molecule has 0 radical (unpaired) electrons. The first-order chi connectivity index (χ1) is 12.8. The quantitative estimate of drug-likeness (QED) is 0.656. The van der Waals surface area contributed by atoms with E-state index in [4.69, 9.17) is 4.74 Å². The van der Waals surface area contributed by atoms with Crippen molar-refractivity contribution in [3.05, 3.63) is 59.7 Å². The molecule has 0 spiro atoms. The zero-order chi connectivity index (χ0) is 17.8. The third kappa shape index (κ3) is 3.68. The van der Waals surface area contributed by atoms with Crippen LogP contribution in [0.4, 0.5) is 5.82 Å². The summed E-state index contributed by atoms with van der Waals surface area (Å²) in [5.74, 6) is 0.736. The number of morpholine rings is 1. The fourth-order valence-electron chi connectivity index (χ4n) is 2.94. The fraction of sp³-hybridized carbons (Fsp3) is 0.263. The zero-order valence-electron chi connectivity index (χ0n) is 14.4. The molecule has 7 heteroatoms. The highest BCUT2D eigenvalue weighted by Gasteiger charge is 2.14. The second-order valence-corrected chi connectivity index (χ2v) is 6.21. The standard InChI is InChI=1S/C19H21N5O2/c25-19(23-24-9-11-26-12-10-24)15-7-5-14(6-8-15)13-20-18-16-3-1-2-4-17(16)21-22-18/h1-8H,9-13H2,(H,23,25)(H2,20,21,22). The lowest BCUT2D eigenvalue weighted by molar-refractivity contribution is 0.0126. The summed E-state index contributed by atoms with van der Waals surface area (Å²) < 4.78 is 5.28. The van der Waals surface area contributed by atoms with Gasteiger partial charge in [-0.05, 0) is 29.8 Å². The van der Waals surface area contributed by atoms with E-state index >= 15 is 0 Å². The number of aromatic amines is 1. The van der Waals surface area contributed by atoms with Gasteiger partial charge in [-0.2, -0.15) is 5.10 Å². The van der Waals surface area contributed by atoms with Crippen molar-refractivity contribution in [2.24, 2.45) is 0 Å². The van der Waals surface area contributed by atoms with E-state index in [1.54, 1.807) is 0 Å². The largest absolute Gasteiger partial charge is 0.379 e. The molecule has 1 saturated heterocycles. The Labute approximate surface area is 151 Å². The molecule has 26 heavy (non-hydrogen) atoms. The van der Waals surface area contributed by atoms with E-state index in [0.29, 0.717) is 38.4 Å². The summed E-state index contributed by atoms with van der Waals surface area (Å²) in [4.78, 5) is 12.3. The normalized spacial score (nSPS) is 15.1. The molecular weight excluding hydrogens is 330 g/mol. The first kappa shape index (κ1) is 16.6. The maximum atomic E-state index is 12.3. The van der Waals surface area contributed by atoms with E-state index < -0.39 is 0 Å². The Morgan fingerprint density at radius 3 is 2.69 bits per heavy atom. The highest BCUT2D eigenvalue weighted by molar-refractivity contribution is 5.94. The monoisotopic (exact) mass is 351 g/mol. The van der Waals surface area contributed by atoms with Crippen LogP contribution in [0.15, 0.2) is 48.5 Å². The van der Waals surface area contributed by atoms with Crippen molar-refractivity contribution in [1.82, 2.24) is 20.6 Å². The van der Waals surface area contributed by atoms with Crippen molar-refractivity contribution in [3.63, 3.8) is 0 Å². The lowest BCUT2D eigenvalue weighted by Gasteiger charge is -2.26. The second kappa shape index (κ2) is 7.55. The first-order valence-corrected chi connectivity index (χ1v) is 8.69. The molecule has 7 nitrogen and oxygen atoms in total. The molecule has 1 aliphatic heterocycles. The second-order valence-electron chi connectivity index (χ2n) is 6.21.